The second-order valence-electron chi connectivity index (χ2n) is 4.07. The van der Waals surface area contributed by atoms with Crippen LogP contribution in [0.1, 0.15) is 16.8 Å². The van der Waals surface area contributed by atoms with Crippen LogP contribution >= 0.6 is 0 Å². The minimum absolute atomic E-state index is 0.117. The van der Waals surface area contributed by atoms with Crippen LogP contribution in [0, 0.1) is 0 Å². The van der Waals surface area contributed by atoms with Crippen molar-refractivity contribution >= 4 is 5.91 Å². The Hall–Kier alpha value is -1.43. The lowest BCUT2D eigenvalue weighted by atomic mass is 10.2. The molecule has 0 aliphatic rings. The molecule has 1 aromatic rings. The lowest BCUT2D eigenvalue weighted by Crippen LogP contribution is -2.35. The van der Waals surface area contributed by atoms with Crippen molar-refractivity contribution in [2.45, 2.75) is 18.8 Å². The fraction of sp³-hybridized carbons (Fsp3) is 0.500. The molecule has 1 aromatic carbocycles. The summed E-state index contributed by atoms with van der Waals surface area (Å²) in [6, 6.07) is 9.06. The third-order valence-electron chi connectivity index (χ3n) is 2.84. The molecule has 0 radical (unpaired) electrons. The van der Waals surface area contributed by atoms with E-state index in [2.05, 4.69) is 5.32 Å². The van der Waals surface area contributed by atoms with Gasteiger partial charge in [-0.05, 0) is 12.1 Å². The Bertz CT molecular complexity index is 365. The molecule has 0 aromatic heterocycles. The fourth-order valence-corrected chi connectivity index (χ4v) is 1.66. The van der Waals surface area contributed by atoms with Crippen LogP contribution < -0.4 is 5.32 Å². The average Bonchev–Trinajstić information content (AvgIpc) is 2.48. The van der Waals surface area contributed by atoms with Gasteiger partial charge >= 0.3 is 0 Å². The van der Waals surface area contributed by atoms with Crippen molar-refractivity contribution in [1.82, 2.24) is 5.32 Å². The highest BCUT2D eigenvalue weighted by Crippen LogP contribution is 2.06. The highest BCUT2D eigenvalue weighted by molar-refractivity contribution is 5.94. The molecule has 0 aliphatic carbocycles. The minimum Gasteiger partial charge on any atom is -0.379 e. The van der Waals surface area contributed by atoms with E-state index in [9.17, 15) is 4.79 Å². The monoisotopic (exact) mass is 267 g/mol. The lowest BCUT2D eigenvalue weighted by molar-refractivity contribution is -0.125. The molecular weight excluding hydrogens is 246 g/mol. The SMILES string of the molecule is COC(CNC(=O)c1ccccc1)CC(OC)OC. The van der Waals surface area contributed by atoms with Gasteiger partial charge < -0.3 is 19.5 Å². The van der Waals surface area contributed by atoms with E-state index in [4.69, 9.17) is 14.2 Å². The van der Waals surface area contributed by atoms with Gasteiger partial charge in [0.05, 0.1) is 6.10 Å². The van der Waals surface area contributed by atoms with Crippen LogP contribution in [0.15, 0.2) is 30.3 Å². The Labute approximate surface area is 113 Å². The molecule has 5 heteroatoms. The van der Waals surface area contributed by atoms with Crippen LogP contribution in [-0.4, -0.2) is 46.2 Å². The van der Waals surface area contributed by atoms with Crippen molar-refractivity contribution in [3.8, 4) is 0 Å². The molecule has 1 unspecified atom stereocenters. The van der Waals surface area contributed by atoms with E-state index in [1.807, 2.05) is 18.2 Å². The van der Waals surface area contributed by atoms with E-state index in [0.717, 1.165) is 0 Å². The maximum atomic E-state index is 11.9. The molecule has 19 heavy (non-hydrogen) atoms. The fourth-order valence-electron chi connectivity index (χ4n) is 1.66. The van der Waals surface area contributed by atoms with Crippen molar-refractivity contribution < 1.29 is 19.0 Å². The van der Waals surface area contributed by atoms with Crippen LogP contribution in [0.2, 0.25) is 0 Å². The summed E-state index contributed by atoms with van der Waals surface area (Å²) < 4.78 is 15.5. The summed E-state index contributed by atoms with van der Waals surface area (Å²) in [7, 11) is 4.74. The minimum atomic E-state index is -0.335. The second-order valence-corrected chi connectivity index (χ2v) is 4.07. The lowest BCUT2D eigenvalue weighted by Gasteiger charge is -2.20. The first-order chi connectivity index (χ1) is 9.21. The predicted molar refractivity (Wildman–Crippen MR) is 72.0 cm³/mol. The summed E-state index contributed by atoms with van der Waals surface area (Å²) in [4.78, 5) is 11.9. The number of amides is 1. The van der Waals surface area contributed by atoms with Gasteiger partial charge in [0.15, 0.2) is 6.29 Å². The van der Waals surface area contributed by atoms with Gasteiger partial charge in [0.2, 0.25) is 0 Å². The van der Waals surface area contributed by atoms with Gasteiger partial charge in [-0.2, -0.15) is 0 Å². The van der Waals surface area contributed by atoms with Gasteiger partial charge in [-0.25, -0.2) is 0 Å². The number of hydrogen-bond donors (Lipinski definition) is 1. The Balaban J connectivity index is 2.43. The van der Waals surface area contributed by atoms with Crippen LogP contribution in [0.3, 0.4) is 0 Å². The zero-order valence-corrected chi connectivity index (χ0v) is 11.6. The Morgan fingerprint density at radius 3 is 2.26 bits per heavy atom. The molecule has 0 bridgehead atoms. The summed E-state index contributed by atoms with van der Waals surface area (Å²) >= 11 is 0. The van der Waals surface area contributed by atoms with Gasteiger partial charge in [0.25, 0.3) is 5.91 Å². The van der Waals surface area contributed by atoms with Crippen molar-refractivity contribution in [1.29, 1.82) is 0 Å². The Morgan fingerprint density at radius 2 is 1.74 bits per heavy atom. The van der Waals surface area contributed by atoms with Crippen LogP contribution in [0.5, 0.6) is 0 Å². The Morgan fingerprint density at radius 1 is 1.11 bits per heavy atom. The topological polar surface area (TPSA) is 56.8 Å². The van der Waals surface area contributed by atoms with E-state index in [1.54, 1.807) is 33.5 Å². The van der Waals surface area contributed by atoms with Crippen molar-refractivity contribution in [3.05, 3.63) is 35.9 Å². The number of benzene rings is 1. The summed E-state index contributed by atoms with van der Waals surface area (Å²) in [6.07, 6.45) is 0.0645. The molecule has 1 N–H and O–H groups in total. The highest BCUT2D eigenvalue weighted by Gasteiger charge is 2.16. The number of methoxy groups -OCH3 is 3. The number of carbonyl (C=O) groups is 1. The average molecular weight is 267 g/mol. The van der Waals surface area contributed by atoms with Crippen molar-refractivity contribution in [2.24, 2.45) is 0 Å². The number of ether oxygens (including phenoxy) is 3. The molecule has 5 nitrogen and oxygen atoms in total. The summed E-state index contributed by atoms with van der Waals surface area (Å²) in [5.41, 5.74) is 0.632. The normalized spacial score (nSPS) is 12.4. The van der Waals surface area contributed by atoms with Crippen molar-refractivity contribution in [3.63, 3.8) is 0 Å². The largest absolute Gasteiger partial charge is 0.379 e. The molecule has 0 spiro atoms. The first-order valence-corrected chi connectivity index (χ1v) is 6.12. The molecule has 106 valence electrons. The second kappa shape index (κ2) is 8.63. The summed E-state index contributed by atoms with van der Waals surface area (Å²) in [5, 5.41) is 2.83. The zero-order valence-electron chi connectivity index (χ0n) is 11.6. The molecule has 1 rings (SSSR count). The molecule has 0 aliphatic heterocycles. The summed E-state index contributed by atoms with van der Waals surface area (Å²) in [6.45, 7) is 0.410. The molecule has 0 heterocycles. The standard InChI is InChI=1S/C14H21NO4/c1-17-12(9-13(18-2)19-3)10-15-14(16)11-7-5-4-6-8-11/h4-8,12-13H,9-10H2,1-3H3,(H,15,16). The van der Waals surface area contributed by atoms with E-state index in [0.29, 0.717) is 18.5 Å². The number of carbonyl (C=O) groups excluding carboxylic acids is 1. The van der Waals surface area contributed by atoms with Crippen LogP contribution in [0.4, 0.5) is 0 Å². The third kappa shape index (κ3) is 5.38. The van der Waals surface area contributed by atoms with E-state index in [1.165, 1.54) is 0 Å². The molecule has 0 saturated carbocycles. The Kier molecular flexibility index (Phi) is 7.10. The van der Waals surface area contributed by atoms with E-state index < -0.39 is 0 Å². The number of rotatable bonds is 8. The van der Waals surface area contributed by atoms with Crippen LogP contribution in [0.25, 0.3) is 0 Å². The van der Waals surface area contributed by atoms with E-state index in [-0.39, 0.29) is 18.3 Å². The predicted octanol–water partition coefficient (Wildman–Crippen LogP) is 1.44. The third-order valence-corrected chi connectivity index (χ3v) is 2.84. The van der Waals surface area contributed by atoms with Gasteiger partial charge in [-0.15, -0.1) is 0 Å². The zero-order chi connectivity index (χ0) is 14.1. The van der Waals surface area contributed by atoms with E-state index >= 15 is 0 Å². The summed E-state index contributed by atoms with van der Waals surface area (Å²) in [5.74, 6) is -0.117. The highest BCUT2D eigenvalue weighted by atomic mass is 16.7. The maximum Gasteiger partial charge on any atom is 0.251 e. The van der Waals surface area contributed by atoms with Crippen LogP contribution in [-0.2, 0) is 14.2 Å². The molecule has 0 fully saturated rings. The first kappa shape index (κ1) is 15.6. The van der Waals surface area contributed by atoms with Gasteiger partial charge in [-0.1, -0.05) is 18.2 Å². The molecule has 1 amide bonds. The molecular formula is C14H21NO4. The quantitative estimate of drug-likeness (QED) is 0.724. The van der Waals surface area contributed by atoms with Gasteiger partial charge in [0, 0.05) is 39.9 Å². The maximum absolute atomic E-state index is 11.9. The van der Waals surface area contributed by atoms with Crippen molar-refractivity contribution in [2.75, 3.05) is 27.9 Å². The van der Waals surface area contributed by atoms with Gasteiger partial charge in [0.1, 0.15) is 0 Å². The first-order valence-electron chi connectivity index (χ1n) is 6.12. The molecule has 1 atom stereocenters. The molecule has 0 saturated heterocycles. The van der Waals surface area contributed by atoms with Gasteiger partial charge in [-0.3, -0.25) is 4.79 Å². The smallest absolute Gasteiger partial charge is 0.251 e. The number of hydrogen-bond acceptors (Lipinski definition) is 4. The number of nitrogens with one attached hydrogen (secondary N) is 1.